The first-order valence-electron chi connectivity index (χ1n) is 12.1. The standard InChI is InChI=1S/C26H32Cl2N4O3/c1-3-4-5-9-32-10-6-11-34-19(15-32)16-35-25-14-23-20(13-24(25)33-2)26(30-17-29-23)31-18-7-8-21(27)22(28)12-18/h7-8,12-14,17,19H,3-6,9-11,15-16H2,1-2H3,(H,29,30,31). The molecule has 0 radical (unpaired) electrons. The normalized spacial score (nSPS) is 16.7. The Labute approximate surface area is 216 Å². The third-order valence-electron chi connectivity index (χ3n) is 6.04. The molecule has 1 atom stereocenters. The summed E-state index contributed by atoms with van der Waals surface area (Å²) in [6.45, 7) is 6.50. The topological polar surface area (TPSA) is 68.7 Å². The zero-order valence-electron chi connectivity index (χ0n) is 20.2. The van der Waals surface area contributed by atoms with E-state index in [4.69, 9.17) is 37.4 Å². The molecule has 1 aromatic heterocycles. The van der Waals surface area contributed by atoms with Gasteiger partial charge >= 0.3 is 0 Å². The summed E-state index contributed by atoms with van der Waals surface area (Å²) < 4.78 is 17.9. The van der Waals surface area contributed by atoms with E-state index in [-0.39, 0.29) is 6.10 Å². The number of hydrogen-bond donors (Lipinski definition) is 1. The van der Waals surface area contributed by atoms with Crippen LogP contribution in [0.1, 0.15) is 32.6 Å². The van der Waals surface area contributed by atoms with E-state index in [9.17, 15) is 0 Å². The minimum atomic E-state index is 0.0109. The number of nitrogens with zero attached hydrogens (tertiary/aromatic N) is 3. The van der Waals surface area contributed by atoms with Crippen LogP contribution in [0, 0.1) is 0 Å². The first-order valence-corrected chi connectivity index (χ1v) is 12.8. The van der Waals surface area contributed by atoms with Crippen molar-refractivity contribution < 1.29 is 14.2 Å². The Hall–Kier alpha value is -2.32. The Morgan fingerprint density at radius 3 is 2.80 bits per heavy atom. The first-order chi connectivity index (χ1) is 17.1. The number of nitrogens with one attached hydrogen (secondary N) is 1. The van der Waals surface area contributed by atoms with Crippen molar-refractivity contribution in [2.24, 2.45) is 0 Å². The summed E-state index contributed by atoms with van der Waals surface area (Å²) in [6, 6.07) is 9.10. The van der Waals surface area contributed by atoms with Gasteiger partial charge < -0.3 is 24.4 Å². The average molecular weight is 519 g/mol. The maximum atomic E-state index is 6.20. The number of hydrogen-bond acceptors (Lipinski definition) is 7. The zero-order chi connectivity index (χ0) is 24.6. The monoisotopic (exact) mass is 518 g/mol. The molecule has 0 amide bonds. The zero-order valence-corrected chi connectivity index (χ0v) is 21.7. The molecule has 188 valence electrons. The fraction of sp³-hybridized carbons (Fsp3) is 0.462. The van der Waals surface area contributed by atoms with E-state index in [1.807, 2.05) is 18.2 Å². The highest BCUT2D eigenvalue weighted by atomic mass is 35.5. The molecule has 4 rings (SSSR count). The summed E-state index contributed by atoms with van der Waals surface area (Å²) in [5, 5.41) is 5.05. The number of aromatic nitrogens is 2. The predicted octanol–water partition coefficient (Wildman–Crippen LogP) is 6.35. The van der Waals surface area contributed by atoms with Crippen LogP contribution in [0.4, 0.5) is 11.5 Å². The second-order valence-electron chi connectivity index (χ2n) is 8.66. The highest BCUT2D eigenvalue weighted by Gasteiger charge is 2.20. The number of methoxy groups -OCH3 is 1. The SMILES string of the molecule is CCCCCN1CCCOC(COc2cc3ncnc(Nc4ccc(Cl)c(Cl)c4)c3cc2OC)C1. The van der Waals surface area contributed by atoms with Crippen molar-refractivity contribution in [3.8, 4) is 11.5 Å². The summed E-state index contributed by atoms with van der Waals surface area (Å²) in [7, 11) is 1.63. The number of rotatable bonds is 10. The molecule has 0 bridgehead atoms. The van der Waals surface area contributed by atoms with Gasteiger partial charge in [0.1, 0.15) is 24.9 Å². The summed E-state index contributed by atoms with van der Waals surface area (Å²) in [5.74, 6) is 1.87. The number of fused-ring (bicyclic) bond motifs is 1. The third kappa shape index (κ3) is 6.88. The molecule has 0 saturated carbocycles. The molecule has 0 spiro atoms. The highest BCUT2D eigenvalue weighted by molar-refractivity contribution is 6.42. The molecule has 0 aliphatic carbocycles. The molecule has 1 aliphatic rings. The Kier molecular flexibility index (Phi) is 9.26. The maximum absolute atomic E-state index is 6.20. The first kappa shape index (κ1) is 25.8. The van der Waals surface area contributed by atoms with E-state index in [0.717, 1.165) is 49.3 Å². The second-order valence-corrected chi connectivity index (χ2v) is 9.48. The number of anilines is 2. The Balaban J connectivity index is 1.49. The maximum Gasteiger partial charge on any atom is 0.163 e. The molecule has 1 unspecified atom stereocenters. The lowest BCUT2D eigenvalue weighted by Gasteiger charge is -2.24. The van der Waals surface area contributed by atoms with Crippen LogP contribution in [0.3, 0.4) is 0 Å². The lowest BCUT2D eigenvalue weighted by molar-refractivity contribution is 0.0202. The Bertz CT molecular complexity index is 1130. The van der Waals surface area contributed by atoms with Crippen LogP contribution < -0.4 is 14.8 Å². The van der Waals surface area contributed by atoms with Gasteiger partial charge in [-0.1, -0.05) is 43.0 Å². The molecule has 9 heteroatoms. The second kappa shape index (κ2) is 12.6. The molecule has 2 aromatic carbocycles. The largest absolute Gasteiger partial charge is 0.493 e. The summed E-state index contributed by atoms with van der Waals surface area (Å²) >= 11 is 12.2. The number of ether oxygens (including phenoxy) is 3. The fourth-order valence-electron chi connectivity index (χ4n) is 4.19. The van der Waals surface area contributed by atoms with Crippen molar-refractivity contribution in [3.05, 3.63) is 46.7 Å². The van der Waals surface area contributed by atoms with Crippen LogP contribution in [0.5, 0.6) is 11.5 Å². The van der Waals surface area contributed by atoms with E-state index in [1.54, 1.807) is 19.2 Å². The van der Waals surface area contributed by atoms with Gasteiger partial charge in [-0.3, -0.25) is 0 Å². The van der Waals surface area contributed by atoms with E-state index in [2.05, 4.69) is 27.1 Å². The molecule has 2 heterocycles. The van der Waals surface area contributed by atoms with Gasteiger partial charge in [0.2, 0.25) is 0 Å². The average Bonchev–Trinajstić information content (AvgIpc) is 3.10. The summed E-state index contributed by atoms with van der Waals surface area (Å²) in [4.78, 5) is 11.3. The van der Waals surface area contributed by atoms with E-state index >= 15 is 0 Å². The van der Waals surface area contributed by atoms with Crippen LogP contribution in [0.2, 0.25) is 10.0 Å². The van der Waals surface area contributed by atoms with Gasteiger partial charge in [-0.15, -0.1) is 0 Å². The van der Waals surface area contributed by atoms with Crippen LogP contribution in [0.25, 0.3) is 10.9 Å². The predicted molar refractivity (Wildman–Crippen MR) is 142 cm³/mol. The van der Waals surface area contributed by atoms with Crippen molar-refractivity contribution in [2.45, 2.75) is 38.7 Å². The van der Waals surface area contributed by atoms with Gasteiger partial charge in [0.05, 0.1) is 22.7 Å². The lowest BCUT2D eigenvalue weighted by atomic mass is 10.2. The molecule has 3 aromatic rings. The van der Waals surface area contributed by atoms with Crippen LogP contribution >= 0.6 is 23.2 Å². The number of unbranched alkanes of at least 4 members (excludes halogenated alkanes) is 2. The van der Waals surface area contributed by atoms with Gasteiger partial charge in [0, 0.05) is 36.8 Å². The van der Waals surface area contributed by atoms with Gasteiger partial charge in [-0.05, 0) is 43.7 Å². The Morgan fingerprint density at radius 2 is 2.00 bits per heavy atom. The minimum absolute atomic E-state index is 0.0109. The summed E-state index contributed by atoms with van der Waals surface area (Å²) in [6.07, 6.45) is 6.29. The smallest absolute Gasteiger partial charge is 0.163 e. The van der Waals surface area contributed by atoms with Gasteiger partial charge in [0.25, 0.3) is 0 Å². The fourth-order valence-corrected chi connectivity index (χ4v) is 4.49. The highest BCUT2D eigenvalue weighted by Crippen LogP contribution is 2.35. The van der Waals surface area contributed by atoms with E-state index in [1.165, 1.54) is 25.6 Å². The Morgan fingerprint density at radius 1 is 1.11 bits per heavy atom. The molecule has 7 nitrogen and oxygen atoms in total. The van der Waals surface area contributed by atoms with Gasteiger partial charge in [-0.25, -0.2) is 9.97 Å². The number of benzene rings is 2. The van der Waals surface area contributed by atoms with Crippen LogP contribution in [0.15, 0.2) is 36.7 Å². The molecular formula is C26H32Cl2N4O3. The summed E-state index contributed by atoms with van der Waals surface area (Å²) in [5.41, 5.74) is 1.51. The van der Waals surface area contributed by atoms with E-state index in [0.29, 0.717) is 34.0 Å². The molecule has 1 N–H and O–H groups in total. The van der Waals surface area contributed by atoms with Crippen LogP contribution in [-0.4, -0.2) is 60.9 Å². The molecule has 35 heavy (non-hydrogen) atoms. The van der Waals surface area contributed by atoms with Crippen molar-refractivity contribution in [2.75, 3.05) is 45.3 Å². The van der Waals surface area contributed by atoms with Crippen LogP contribution in [-0.2, 0) is 4.74 Å². The molecule has 1 fully saturated rings. The van der Waals surface area contributed by atoms with Gasteiger partial charge in [-0.2, -0.15) is 0 Å². The van der Waals surface area contributed by atoms with Crippen molar-refractivity contribution in [1.29, 1.82) is 0 Å². The molecular weight excluding hydrogens is 487 g/mol. The van der Waals surface area contributed by atoms with Gasteiger partial charge in [0.15, 0.2) is 11.5 Å². The van der Waals surface area contributed by atoms with Crippen molar-refractivity contribution in [1.82, 2.24) is 14.9 Å². The van der Waals surface area contributed by atoms with Crippen molar-refractivity contribution in [3.63, 3.8) is 0 Å². The van der Waals surface area contributed by atoms with E-state index < -0.39 is 0 Å². The molecule has 1 aliphatic heterocycles. The quantitative estimate of drug-likeness (QED) is 0.313. The minimum Gasteiger partial charge on any atom is -0.493 e. The molecule has 1 saturated heterocycles. The number of halogens is 2. The lowest BCUT2D eigenvalue weighted by Crippen LogP contribution is -2.35. The third-order valence-corrected chi connectivity index (χ3v) is 6.78. The van der Waals surface area contributed by atoms with Crippen molar-refractivity contribution >= 4 is 45.6 Å².